The van der Waals surface area contributed by atoms with Crippen molar-refractivity contribution in [2.24, 2.45) is 0 Å². The maximum absolute atomic E-state index is 12.5. The fourth-order valence-electron chi connectivity index (χ4n) is 2.06. The summed E-state index contributed by atoms with van der Waals surface area (Å²) in [6.07, 6.45) is -1.000. The van der Waals surface area contributed by atoms with Crippen LogP contribution < -0.4 is 0 Å². The summed E-state index contributed by atoms with van der Waals surface area (Å²) in [6.45, 7) is 0. The number of carbonyl (C=O) groups is 4. The summed E-state index contributed by atoms with van der Waals surface area (Å²) in [4.78, 5) is 42.0. The highest BCUT2D eigenvalue weighted by atomic mass is 19.2. The van der Waals surface area contributed by atoms with E-state index in [4.69, 9.17) is 0 Å². The number of allylic oxidation sites excluding steroid dienone is 4. The molecule has 0 saturated heterocycles. The van der Waals surface area contributed by atoms with Crippen molar-refractivity contribution in [3.63, 3.8) is 0 Å². The summed E-state index contributed by atoms with van der Waals surface area (Å²) >= 11 is 0. The molecule has 0 bridgehead atoms. The molecule has 0 unspecified atom stereocenters. The SMILES string of the molecule is O=C(F)C(C(=O)F)=C1CCC(=C(C(=O)F)C(=O)F)CC1. The second-order valence-corrected chi connectivity index (χ2v) is 4.05. The van der Waals surface area contributed by atoms with Crippen LogP contribution in [0.25, 0.3) is 0 Å². The molecule has 20 heavy (non-hydrogen) atoms. The maximum atomic E-state index is 12.5. The first-order chi connectivity index (χ1) is 9.25. The average molecular weight is 292 g/mol. The van der Waals surface area contributed by atoms with E-state index in [1.165, 1.54) is 0 Å². The zero-order valence-electron chi connectivity index (χ0n) is 9.97. The summed E-state index contributed by atoms with van der Waals surface area (Å²) in [7, 11) is 0. The first kappa shape index (κ1) is 15.9. The van der Waals surface area contributed by atoms with Crippen LogP contribution in [-0.4, -0.2) is 24.1 Å². The molecule has 0 amide bonds. The molecule has 0 aliphatic heterocycles. The van der Waals surface area contributed by atoms with Gasteiger partial charge in [-0.1, -0.05) is 0 Å². The Balaban J connectivity index is 3.08. The average Bonchev–Trinajstić information content (AvgIpc) is 2.29. The highest BCUT2D eigenvalue weighted by molar-refractivity contribution is 6.14. The number of carbonyl (C=O) groups excluding carboxylic acids is 4. The Morgan fingerprint density at radius 3 is 0.900 bits per heavy atom. The van der Waals surface area contributed by atoms with Crippen LogP contribution >= 0.6 is 0 Å². The van der Waals surface area contributed by atoms with Gasteiger partial charge in [-0.2, -0.15) is 17.6 Å². The van der Waals surface area contributed by atoms with Crippen molar-refractivity contribution < 1.29 is 36.7 Å². The molecule has 1 aliphatic carbocycles. The van der Waals surface area contributed by atoms with Crippen molar-refractivity contribution >= 4 is 24.1 Å². The molecule has 8 heteroatoms. The summed E-state index contributed by atoms with van der Waals surface area (Å²) < 4.78 is 50.1. The molecular weight excluding hydrogens is 284 g/mol. The van der Waals surface area contributed by atoms with Gasteiger partial charge in [-0.25, -0.2) is 0 Å². The zero-order valence-corrected chi connectivity index (χ0v) is 9.97. The Labute approximate surface area is 110 Å². The van der Waals surface area contributed by atoms with Crippen LogP contribution in [0.3, 0.4) is 0 Å². The Morgan fingerprint density at radius 1 is 0.550 bits per heavy atom. The van der Waals surface area contributed by atoms with Gasteiger partial charge in [0.05, 0.1) is 0 Å². The molecule has 108 valence electrons. The molecule has 0 spiro atoms. The van der Waals surface area contributed by atoms with E-state index in [1.54, 1.807) is 0 Å². The normalized spacial score (nSPS) is 14.8. The van der Waals surface area contributed by atoms with Crippen LogP contribution in [0.1, 0.15) is 25.7 Å². The lowest BCUT2D eigenvalue weighted by Crippen LogP contribution is -2.14. The molecule has 0 radical (unpaired) electrons. The lowest BCUT2D eigenvalue weighted by Gasteiger charge is -2.19. The van der Waals surface area contributed by atoms with E-state index in [2.05, 4.69) is 0 Å². The van der Waals surface area contributed by atoms with Gasteiger partial charge in [-0.3, -0.25) is 19.2 Å². The molecule has 1 fully saturated rings. The summed E-state index contributed by atoms with van der Waals surface area (Å²) in [5.74, 6) is 0. The summed E-state index contributed by atoms with van der Waals surface area (Å²) in [6, 6.07) is -8.93. The van der Waals surface area contributed by atoms with Crippen LogP contribution in [0, 0.1) is 0 Å². The topological polar surface area (TPSA) is 68.3 Å². The molecule has 0 aromatic rings. The van der Waals surface area contributed by atoms with E-state index in [-0.39, 0.29) is 36.8 Å². The van der Waals surface area contributed by atoms with Crippen molar-refractivity contribution in [3.8, 4) is 0 Å². The van der Waals surface area contributed by atoms with Crippen molar-refractivity contribution in [1.82, 2.24) is 0 Å². The molecule has 0 aromatic carbocycles. The van der Waals surface area contributed by atoms with E-state index in [9.17, 15) is 36.7 Å². The third kappa shape index (κ3) is 3.46. The monoisotopic (exact) mass is 292 g/mol. The molecule has 1 aliphatic rings. The largest absolute Gasteiger partial charge is 0.338 e. The summed E-state index contributed by atoms with van der Waals surface area (Å²) in [5, 5.41) is 0. The molecule has 1 saturated carbocycles. The van der Waals surface area contributed by atoms with Crippen LogP contribution in [0.2, 0.25) is 0 Å². The predicted molar refractivity (Wildman–Crippen MR) is 57.0 cm³/mol. The number of hydrogen-bond donors (Lipinski definition) is 0. The van der Waals surface area contributed by atoms with Gasteiger partial charge >= 0.3 is 24.1 Å². The lowest BCUT2D eigenvalue weighted by atomic mass is 9.85. The third-order valence-electron chi connectivity index (χ3n) is 2.95. The van der Waals surface area contributed by atoms with Crippen molar-refractivity contribution in [1.29, 1.82) is 0 Å². The van der Waals surface area contributed by atoms with Gasteiger partial charge in [0.25, 0.3) is 0 Å². The van der Waals surface area contributed by atoms with E-state index < -0.39 is 35.3 Å². The minimum absolute atomic E-state index is 0.147. The van der Waals surface area contributed by atoms with Gasteiger partial charge in [0, 0.05) is 0 Å². The van der Waals surface area contributed by atoms with Gasteiger partial charge < -0.3 is 0 Å². The number of halogens is 4. The quantitative estimate of drug-likeness (QED) is 0.262. The summed E-state index contributed by atoms with van der Waals surface area (Å²) in [5.41, 5.74) is -2.76. The van der Waals surface area contributed by atoms with Gasteiger partial charge in [0.2, 0.25) is 0 Å². The van der Waals surface area contributed by atoms with Crippen molar-refractivity contribution in [3.05, 3.63) is 22.3 Å². The third-order valence-corrected chi connectivity index (χ3v) is 2.95. The van der Waals surface area contributed by atoms with Crippen molar-refractivity contribution in [2.75, 3.05) is 0 Å². The number of hydrogen-bond acceptors (Lipinski definition) is 4. The van der Waals surface area contributed by atoms with Crippen LogP contribution in [0.15, 0.2) is 22.3 Å². The van der Waals surface area contributed by atoms with Crippen LogP contribution in [0.5, 0.6) is 0 Å². The first-order valence-corrected chi connectivity index (χ1v) is 5.49. The molecule has 0 heterocycles. The standard InChI is InChI=1S/C12H8F4O4/c13-9(17)7(10(14)18)5-1-2-6(4-3-5)8(11(15)19)12(16)20/h1-4H2. The van der Waals surface area contributed by atoms with E-state index in [0.29, 0.717) is 0 Å². The van der Waals surface area contributed by atoms with Crippen molar-refractivity contribution in [2.45, 2.75) is 25.7 Å². The minimum Gasteiger partial charge on any atom is -0.255 e. The Hall–Kier alpha value is -2.12. The molecular formula is C12H8F4O4. The predicted octanol–water partition coefficient (Wildman–Crippen LogP) is 2.14. The molecule has 0 atom stereocenters. The molecule has 4 nitrogen and oxygen atoms in total. The Kier molecular flexibility index (Phi) is 5.06. The van der Waals surface area contributed by atoms with Gasteiger partial charge in [-0.15, -0.1) is 0 Å². The van der Waals surface area contributed by atoms with Gasteiger partial charge in [0.1, 0.15) is 11.1 Å². The Morgan fingerprint density at radius 2 is 0.750 bits per heavy atom. The fraction of sp³-hybridized carbons (Fsp3) is 0.333. The fourth-order valence-corrected chi connectivity index (χ4v) is 2.06. The first-order valence-electron chi connectivity index (χ1n) is 5.49. The number of rotatable bonds is 4. The second kappa shape index (κ2) is 6.36. The molecule has 0 N–H and O–H groups in total. The minimum atomic E-state index is -2.23. The van der Waals surface area contributed by atoms with Crippen LogP contribution in [-0.2, 0) is 19.2 Å². The lowest BCUT2D eigenvalue weighted by molar-refractivity contribution is -0.134. The molecule has 1 rings (SSSR count). The van der Waals surface area contributed by atoms with Gasteiger partial charge in [0.15, 0.2) is 0 Å². The smallest absolute Gasteiger partial charge is 0.255 e. The van der Waals surface area contributed by atoms with Gasteiger partial charge in [-0.05, 0) is 36.8 Å². The van der Waals surface area contributed by atoms with E-state index >= 15 is 0 Å². The van der Waals surface area contributed by atoms with E-state index in [0.717, 1.165) is 0 Å². The zero-order chi connectivity index (χ0) is 15.4. The van der Waals surface area contributed by atoms with Crippen LogP contribution in [0.4, 0.5) is 17.6 Å². The highest BCUT2D eigenvalue weighted by Crippen LogP contribution is 2.33. The second-order valence-electron chi connectivity index (χ2n) is 4.05. The maximum Gasteiger partial charge on any atom is 0.338 e. The van der Waals surface area contributed by atoms with E-state index in [1.807, 2.05) is 0 Å². The molecule has 0 aromatic heterocycles. The highest BCUT2D eigenvalue weighted by Gasteiger charge is 2.29. The Bertz CT molecular complexity index is 466.